The van der Waals surface area contributed by atoms with E-state index in [1.807, 2.05) is 0 Å². The van der Waals surface area contributed by atoms with Crippen LogP contribution in [-0.2, 0) is 6.42 Å². The summed E-state index contributed by atoms with van der Waals surface area (Å²) in [5, 5.41) is 10.4. The van der Waals surface area contributed by atoms with Crippen LogP contribution in [0, 0.1) is 6.92 Å². The van der Waals surface area contributed by atoms with Gasteiger partial charge in [0.15, 0.2) is 5.82 Å². The van der Waals surface area contributed by atoms with E-state index in [1.54, 1.807) is 20.0 Å². The Labute approximate surface area is 114 Å². The molecule has 2 heterocycles. The monoisotopic (exact) mass is 281 g/mol. The molecule has 0 aliphatic heterocycles. The standard InChI is InChI=1S/C11H15N5O2S/c1-6-15-8(16-18-6)3-4-14-9-5-7(12)10(19-9)11(17)13-2/h5,14H,3-4,12H2,1-2H3,(H,13,17). The number of aromatic nitrogens is 2. The number of nitrogens with two attached hydrogens (primary N) is 1. The molecular formula is C11H15N5O2S. The van der Waals surface area contributed by atoms with Gasteiger partial charge in [-0.05, 0) is 6.07 Å². The maximum absolute atomic E-state index is 11.5. The van der Waals surface area contributed by atoms with Crippen molar-refractivity contribution in [3.63, 3.8) is 0 Å². The van der Waals surface area contributed by atoms with Crippen LogP contribution >= 0.6 is 11.3 Å². The second-order valence-corrected chi connectivity index (χ2v) is 4.93. The number of carbonyl (C=O) groups excluding carboxylic acids is 1. The van der Waals surface area contributed by atoms with E-state index in [0.717, 1.165) is 5.00 Å². The summed E-state index contributed by atoms with van der Waals surface area (Å²) >= 11 is 1.32. The number of rotatable bonds is 5. The van der Waals surface area contributed by atoms with Crippen molar-refractivity contribution < 1.29 is 9.32 Å². The molecule has 102 valence electrons. The summed E-state index contributed by atoms with van der Waals surface area (Å²) in [6.45, 7) is 2.39. The van der Waals surface area contributed by atoms with Crippen molar-refractivity contribution in [2.45, 2.75) is 13.3 Å². The number of carbonyl (C=O) groups is 1. The van der Waals surface area contributed by atoms with Gasteiger partial charge in [0.05, 0.1) is 10.7 Å². The van der Waals surface area contributed by atoms with Crippen LogP contribution in [-0.4, -0.2) is 29.6 Å². The number of nitrogens with one attached hydrogen (secondary N) is 2. The Bertz CT molecular complexity index is 577. The zero-order valence-corrected chi connectivity index (χ0v) is 11.5. The maximum Gasteiger partial charge on any atom is 0.263 e. The van der Waals surface area contributed by atoms with Crippen molar-refractivity contribution in [1.29, 1.82) is 0 Å². The highest BCUT2D eigenvalue weighted by atomic mass is 32.1. The van der Waals surface area contributed by atoms with Crippen molar-refractivity contribution in [1.82, 2.24) is 15.5 Å². The number of anilines is 2. The van der Waals surface area contributed by atoms with Crippen LogP contribution < -0.4 is 16.4 Å². The van der Waals surface area contributed by atoms with E-state index in [9.17, 15) is 4.79 Å². The topological polar surface area (TPSA) is 106 Å². The summed E-state index contributed by atoms with van der Waals surface area (Å²) in [4.78, 5) is 16.1. The van der Waals surface area contributed by atoms with Crippen LogP contribution in [0.25, 0.3) is 0 Å². The Kier molecular flexibility index (Phi) is 4.00. The van der Waals surface area contributed by atoms with E-state index in [1.165, 1.54) is 11.3 Å². The van der Waals surface area contributed by atoms with Gasteiger partial charge in [-0.1, -0.05) is 5.16 Å². The van der Waals surface area contributed by atoms with E-state index < -0.39 is 0 Å². The number of nitrogens with zero attached hydrogens (tertiary/aromatic N) is 2. The fraction of sp³-hybridized carbons (Fsp3) is 0.364. The highest BCUT2D eigenvalue weighted by molar-refractivity contribution is 7.18. The first kappa shape index (κ1) is 13.3. The number of nitrogen functional groups attached to an aromatic ring is 1. The highest BCUT2D eigenvalue weighted by Gasteiger charge is 2.12. The molecule has 0 spiro atoms. The van der Waals surface area contributed by atoms with Gasteiger partial charge in [0.25, 0.3) is 5.91 Å². The van der Waals surface area contributed by atoms with Gasteiger partial charge in [0.1, 0.15) is 4.88 Å². The Morgan fingerprint density at radius 2 is 2.37 bits per heavy atom. The first-order chi connectivity index (χ1) is 9.10. The van der Waals surface area contributed by atoms with Crippen LogP contribution in [0.15, 0.2) is 10.6 Å². The highest BCUT2D eigenvalue weighted by Crippen LogP contribution is 2.28. The molecule has 8 heteroatoms. The van der Waals surface area contributed by atoms with Gasteiger partial charge in [0.2, 0.25) is 5.89 Å². The average molecular weight is 281 g/mol. The van der Waals surface area contributed by atoms with Crippen LogP contribution in [0.3, 0.4) is 0 Å². The minimum Gasteiger partial charge on any atom is -0.397 e. The molecule has 0 saturated heterocycles. The summed E-state index contributed by atoms with van der Waals surface area (Å²) in [6, 6.07) is 1.75. The summed E-state index contributed by atoms with van der Waals surface area (Å²) in [5.74, 6) is 1.03. The molecule has 0 saturated carbocycles. The number of thiophene rings is 1. The lowest BCUT2D eigenvalue weighted by Gasteiger charge is -1.99. The molecule has 2 rings (SSSR count). The lowest BCUT2D eigenvalue weighted by molar-refractivity contribution is 0.0968. The Hall–Kier alpha value is -2.09. The van der Waals surface area contributed by atoms with E-state index in [4.69, 9.17) is 10.3 Å². The second kappa shape index (κ2) is 5.70. The predicted octanol–water partition coefficient (Wildman–Crippen LogP) is 1.04. The second-order valence-electron chi connectivity index (χ2n) is 3.88. The van der Waals surface area contributed by atoms with E-state index in [-0.39, 0.29) is 5.91 Å². The molecule has 0 bridgehead atoms. The van der Waals surface area contributed by atoms with Gasteiger partial charge in [-0.15, -0.1) is 11.3 Å². The first-order valence-electron chi connectivity index (χ1n) is 5.74. The van der Waals surface area contributed by atoms with Crippen molar-refractivity contribution in [3.05, 3.63) is 22.7 Å². The normalized spacial score (nSPS) is 10.4. The van der Waals surface area contributed by atoms with Crippen molar-refractivity contribution in [2.75, 3.05) is 24.6 Å². The van der Waals surface area contributed by atoms with Crippen molar-refractivity contribution in [3.8, 4) is 0 Å². The molecule has 0 fully saturated rings. The van der Waals surface area contributed by atoms with E-state index in [0.29, 0.717) is 35.2 Å². The van der Waals surface area contributed by atoms with Crippen LogP contribution in [0.5, 0.6) is 0 Å². The first-order valence-corrected chi connectivity index (χ1v) is 6.56. The molecule has 4 N–H and O–H groups in total. The minimum absolute atomic E-state index is 0.177. The third-order valence-electron chi connectivity index (χ3n) is 2.41. The van der Waals surface area contributed by atoms with Gasteiger partial charge < -0.3 is 20.9 Å². The number of amides is 1. The molecule has 19 heavy (non-hydrogen) atoms. The SMILES string of the molecule is CNC(=O)c1sc(NCCc2noc(C)n2)cc1N. The summed E-state index contributed by atoms with van der Waals surface area (Å²) in [5.41, 5.74) is 6.25. The van der Waals surface area contributed by atoms with Crippen LogP contribution in [0.4, 0.5) is 10.7 Å². The van der Waals surface area contributed by atoms with Gasteiger partial charge in [-0.3, -0.25) is 4.79 Å². The molecule has 2 aromatic rings. The van der Waals surface area contributed by atoms with Gasteiger partial charge in [-0.25, -0.2) is 0 Å². The fourth-order valence-corrected chi connectivity index (χ4v) is 2.48. The third-order valence-corrected chi connectivity index (χ3v) is 3.52. The zero-order chi connectivity index (χ0) is 13.8. The zero-order valence-electron chi connectivity index (χ0n) is 10.7. The lowest BCUT2D eigenvalue weighted by atomic mass is 10.3. The van der Waals surface area contributed by atoms with Crippen molar-refractivity contribution >= 4 is 27.9 Å². The third kappa shape index (κ3) is 3.22. The molecule has 0 aliphatic rings. The van der Waals surface area contributed by atoms with E-state index >= 15 is 0 Å². The van der Waals surface area contributed by atoms with Crippen LogP contribution in [0.2, 0.25) is 0 Å². The van der Waals surface area contributed by atoms with Crippen molar-refractivity contribution in [2.24, 2.45) is 0 Å². The smallest absolute Gasteiger partial charge is 0.263 e. The summed E-state index contributed by atoms with van der Waals surface area (Å²) in [6.07, 6.45) is 0.643. The summed E-state index contributed by atoms with van der Waals surface area (Å²) in [7, 11) is 1.58. The molecule has 0 unspecified atom stereocenters. The predicted molar refractivity (Wildman–Crippen MR) is 73.4 cm³/mol. The number of aryl methyl sites for hydroxylation is 1. The van der Waals surface area contributed by atoms with Crippen LogP contribution in [0.1, 0.15) is 21.4 Å². The maximum atomic E-state index is 11.5. The molecule has 0 aliphatic carbocycles. The van der Waals surface area contributed by atoms with Gasteiger partial charge in [0, 0.05) is 26.9 Å². The van der Waals surface area contributed by atoms with Gasteiger partial charge >= 0.3 is 0 Å². The Morgan fingerprint density at radius 1 is 1.58 bits per heavy atom. The van der Waals surface area contributed by atoms with Gasteiger partial charge in [-0.2, -0.15) is 4.98 Å². The minimum atomic E-state index is -0.177. The molecule has 0 radical (unpaired) electrons. The number of hydrogen-bond acceptors (Lipinski definition) is 7. The molecule has 0 aromatic carbocycles. The summed E-state index contributed by atoms with van der Waals surface area (Å²) < 4.78 is 4.88. The largest absolute Gasteiger partial charge is 0.397 e. The average Bonchev–Trinajstić information content (AvgIpc) is 2.95. The molecular weight excluding hydrogens is 266 g/mol. The molecule has 7 nitrogen and oxygen atoms in total. The lowest BCUT2D eigenvalue weighted by Crippen LogP contribution is -2.17. The Balaban J connectivity index is 1.91. The van der Waals surface area contributed by atoms with E-state index in [2.05, 4.69) is 20.8 Å². The molecule has 0 atom stereocenters. The Morgan fingerprint density at radius 3 is 3.00 bits per heavy atom. The molecule has 1 amide bonds. The number of hydrogen-bond donors (Lipinski definition) is 3. The quantitative estimate of drug-likeness (QED) is 0.756. The molecule has 2 aromatic heterocycles. The fourth-order valence-electron chi connectivity index (χ4n) is 1.52.